The Morgan fingerprint density at radius 3 is 2.80 bits per heavy atom. The molecule has 2 aromatic rings. The molecule has 0 spiro atoms. The number of aromatic nitrogens is 2. The zero-order valence-electron chi connectivity index (χ0n) is 14.0. The molecule has 2 unspecified atom stereocenters. The Labute approximate surface area is 156 Å². The fourth-order valence-corrected chi connectivity index (χ4v) is 3.56. The number of nitrogens with one attached hydrogen (secondary N) is 1. The van der Waals surface area contributed by atoms with E-state index in [1.165, 1.54) is 10.5 Å². The first-order valence-electron chi connectivity index (χ1n) is 8.30. The van der Waals surface area contributed by atoms with Crippen LogP contribution in [0.2, 0.25) is 5.15 Å². The highest BCUT2D eigenvalue weighted by Gasteiger charge is 2.23. The molecule has 4 nitrogen and oxygen atoms in total. The van der Waals surface area contributed by atoms with Crippen LogP contribution < -0.4 is 5.32 Å². The molecular formula is C18H21ClFN3OS. The Kier molecular flexibility index (Phi) is 6.51. The van der Waals surface area contributed by atoms with Crippen LogP contribution in [0, 0.1) is 0 Å². The molecule has 2 heterocycles. The van der Waals surface area contributed by atoms with Gasteiger partial charge in [0.1, 0.15) is 17.6 Å². The van der Waals surface area contributed by atoms with Crippen molar-refractivity contribution < 1.29 is 9.13 Å². The molecule has 25 heavy (non-hydrogen) atoms. The molecule has 1 N–H and O–H groups in total. The van der Waals surface area contributed by atoms with Crippen LogP contribution in [-0.2, 0) is 11.4 Å². The van der Waals surface area contributed by atoms with Crippen molar-refractivity contribution in [3.8, 4) is 0 Å². The molecule has 7 heteroatoms. The van der Waals surface area contributed by atoms with Crippen molar-refractivity contribution in [2.75, 3.05) is 18.1 Å². The third-order valence-corrected chi connectivity index (χ3v) is 5.15. The van der Waals surface area contributed by atoms with E-state index in [2.05, 4.69) is 45.8 Å². The molecule has 0 bridgehead atoms. The van der Waals surface area contributed by atoms with Crippen molar-refractivity contribution in [2.45, 2.75) is 43.0 Å². The highest BCUT2D eigenvalue weighted by atomic mass is 35.5. The van der Waals surface area contributed by atoms with Gasteiger partial charge in [0.15, 0.2) is 5.82 Å². The zero-order valence-corrected chi connectivity index (χ0v) is 15.6. The minimum atomic E-state index is -0.733. The molecule has 1 aromatic carbocycles. The minimum absolute atomic E-state index is 0.0848. The lowest BCUT2D eigenvalue weighted by molar-refractivity contribution is -0.0442. The molecule has 1 aromatic heterocycles. The predicted molar refractivity (Wildman–Crippen MR) is 100 cm³/mol. The van der Waals surface area contributed by atoms with E-state index in [-0.39, 0.29) is 23.2 Å². The fourth-order valence-electron chi connectivity index (χ4n) is 2.95. The summed E-state index contributed by atoms with van der Waals surface area (Å²) >= 11 is 7.62. The van der Waals surface area contributed by atoms with Crippen molar-refractivity contribution in [2.24, 2.45) is 0 Å². The number of nitrogens with zero attached hydrogens (tertiary/aromatic N) is 2. The van der Waals surface area contributed by atoms with Gasteiger partial charge >= 0.3 is 0 Å². The molecule has 1 aliphatic rings. The fraction of sp³-hybridized carbons (Fsp3) is 0.444. The van der Waals surface area contributed by atoms with E-state index in [1.54, 1.807) is 17.8 Å². The molecule has 134 valence electrons. The third kappa shape index (κ3) is 5.06. The number of rotatable bonds is 6. The third-order valence-electron chi connectivity index (χ3n) is 4.21. The first-order valence-corrected chi connectivity index (χ1v) is 9.91. The number of hydrogen-bond acceptors (Lipinski definition) is 5. The van der Waals surface area contributed by atoms with Crippen molar-refractivity contribution in [1.29, 1.82) is 0 Å². The molecule has 3 rings (SSSR count). The topological polar surface area (TPSA) is 47.0 Å². The van der Waals surface area contributed by atoms with Crippen LogP contribution in [0.15, 0.2) is 35.2 Å². The highest BCUT2D eigenvalue weighted by Crippen LogP contribution is 2.32. The maximum absolute atomic E-state index is 12.7. The van der Waals surface area contributed by atoms with Gasteiger partial charge in [-0.2, -0.15) is 0 Å². The number of benzene rings is 1. The van der Waals surface area contributed by atoms with E-state index >= 15 is 0 Å². The molecule has 0 radical (unpaired) electrons. The molecule has 1 aliphatic heterocycles. The van der Waals surface area contributed by atoms with Gasteiger partial charge in [0, 0.05) is 17.5 Å². The van der Waals surface area contributed by atoms with E-state index in [0.717, 1.165) is 19.3 Å². The SMILES string of the molecule is CSc1ccc(C2CCCC(CNc3cc(Cl)nc(CF)n3)O2)cc1. The van der Waals surface area contributed by atoms with E-state index in [0.29, 0.717) is 12.4 Å². The van der Waals surface area contributed by atoms with E-state index in [1.807, 2.05) is 0 Å². The Balaban J connectivity index is 1.59. The molecule has 0 saturated carbocycles. The molecule has 1 saturated heterocycles. The summed E-state index contributed by atoms with van der Waals surface area (Å²) in [5.74, 6) is 0.619. The number of thioether (sulfide) groups is 1. The number of halogens is 2. The molecule has 1 fully saturated rings. The lowest BCUT2D eigenvalue weighted by Gasteiger charge is -2.30. The largest absolute Gasteiger partial charge is 0.368 e. The van der Waals surface area contributed by atoms with Gasteiger partial charge in [-0.15, -0.1) is 11.8 Å². The van der Waals surface area contributed by atoms with Gasteiger partial charge in [-0.1, -0.05) is 23.7 Å². The highest BCUT2D eigenvalue weighted by molar-refractivity contribution is 7.98. The van der Waals surface area contributed by atoms with Gasteiger partial charge in [0.25, 0.3) is 0 Å². The first kappa shape index (κ1) is 18.4. The average Bonchev–Trinajstić information content (AvgIpc) is 2.66. The number of alkyl halides is 1. The number of anilines is 1. The van der Waals surface area contributed by atoms with Gasteiger partial charge in [-0.25, -0.2) is 14.4 Å². The standard InChI is InChI=1S/C18H21ClFN3OS/c1-25-14-7-5-12(6-8-14)15-4-2-3-13(24-15)11-21-17-9-16(19)22-18(10-20)23-17/h5-9,13,15H,2-4,10-11H2,1H3,(H,21,22,23). The summed E-state index contributed by atoms with van der Waals surface area (Å²) in [6.45, 7) is -0.123. The summed E-state index contributed by atoms with van der Waals surface area (Å²) in [4.78, 5) is 9.16. The minimum Gasteiger partial charge on any atom is -0.368 e. The van der Waals surface area contributed by atoms with Crippen LogP contribution in [0.5, 0.6) is 0 Å². The molecular weight excluding hydrogens is 361 g/mol. The van der Waals surface area contributed by atoms with E-state index < -0.39 is 6.67 Å². The smallest absolute Gasteiger partial charge is 0.163 e. The second-order valence-electron chi connectivity index (χ2n) is 5.96. The average molecular weight is 382 g/mol. The molecule has 0 aliphatic carbocycles. The van der Waals surface area contributed by atoms with Crippen LogP contribution in [0.4, 0.5) is 10.2 Å². The van der Waals surface area contributed by atoms with Gasteiger partial charge in [0.05, 0.1) is 12.2 Å². The molecule has 2 atom stereocenters. The van der Waals surface area contributed by atoms with Crippen LogP contribution in [0.25, 0.3) is 0 Å². The summed E-state index contributed by atoms with van der Waals surface area (Å²) in [6, 6.07) is 10.1. The predicted octanol–water partition coefficient (Wildman–Crippen LogP) is 5.04. The van der Waals surface area contributed by atoms with Gasteiger partial charge in [0.2, 0.25) is 0 Å². The van der Waals surface area contributed by atoms with Crippen molar-refractivity contribution >= 4 is 29.2 Å². The second-order valence-corrected chi connectivity index (χ2v) is 7.22. The summed E-state index contributed by atoms with van der Waals surface area (Å²) in [5, 5.41) is 3.43. The summed E-state index contributed by atoms with van der Waals surface area (Å²) < 4.78 is 19.0. The lowest BCUT2D eigenvalue weighted by Crippen LogP contribution is -2.29. The monoisotopic (exact) mass is 381 g/mol. The maximum atomic E-state index is 12.7. The van der Waals surface area contributed by atoms with E-state index in [4.69, 9.17) is 16.3 Å². The maximum Gasteiger partial charge on any atom is 0.163 e. The second kappa shape index (κ2) is 8.83. The zero-order chi connectivity index (χ0) is 17.6. The van der Waals surface area contributed by atoms with Gasteiger partial charge < -0.3 is 10.1 Å². The van der Waals surface area contributed by atoms with Crippen molar-refractivity contribution in [3.05, 3.63) is 46.9 Å². The quantitative estimate of drug-likeness (QED) is 0.560. The summed E-state index contributed by atoms with van der Waals surface area (Å²) in [7, 11) is 0. The summed E-state index contributed by atoms with van der Waals surface area (Å²) in [6.07, 6.45) is 5.40. The summed E-state index contributed by atoms with van der Waals surface area (Å²) in [5.41, 5.74) is 1.22. The lowest BCUT2D eigenvalue weighted by atomic mass is 9.98. The van der Waals surface area contributed by atoms with Crippen LogP contribution in [0.1, 0.15) is 36.8 Å². The Bertz CT molecular complexity index is 701. The Hall–Kier alpha value is -1.37. The molecule has 0 amide bonds. The normalized spacial score (nSPS) is 20.4. The Morgan fingerprint density at radius 1 is 1.28 bits per heavy atom. The first-order chi connectivity index (χ1) is 12.2. The van der Waals surface area contributed by atoms with E-state index in [9.17, 15) is 4.39 Å². The van der Waals surface area contributed by atoms with Crippen molar-refractivity contribution in [1.82, 2.24) is 9.97 Å². The number of hydrogen-bond donors (Lipinski definition) is 1. The van der Waals surface area contributed by atoms with Crippen LogP contribution in [-0.4, -0.2) is 28.9 Å². The Morgan fingerprint density at radius 2 is 2.08 bits per heavy atom. The number of ether oxygens (including phenoxy) is 1. The van der Waals surface area contributed by atoms with Crippen LogP contribution >= 0.6 is 23.4 Å². The van der Waals surface area contributed by atoms with Crippen LogP contribution in [0.3, 0.4) is 0 Å². The van der Waals surface area contributed by atoms with Gasteiger partial charge in [-0.3, -0.25) is 0 Å². The van der Waals surface area contributed by atoms with Gasteiger partial charge in [-0.05, 0) is 43.2 Å². The van der Waals surface area contributed by atoms with Crippen molar-refractivity contribution in [3.63, 3.8) is 0 Å².